The normalized spacial score (nSPS) is 14.4. The number of hydrogen-bond donors (Lipinski definition) is 3. The highest BCUT2D eigenvalue weighted by atomic mass is 31.2. The van der Waals surface area contributed by atoms with E-state index < -0.39 is 97.5 Å². The summed E-state index contributed by atoms with van der Waals surface area (Å²) in [5.41, 5.74) is 0. The van der Waals surface area contributed by atoms with E-state index in [0.717, 1.165) is 102 Å². The largest absolute Gasteiger partial charge is 0.472 e. The van der Waals surface area contributed by atoms with Crippen LogP contribution in [0.5, 0.6) is 0 Å². The predicted octanol–water partition coefficient (Wildman–Crippen LogP) is 19.7. The molecule has 0 heterocycles. The molecule has 0 aliphatic rings. The van der Waals surface area contributed by atoms with Gasteiger partial charge in [-0.1, -0.05) is 304 Å². The molecule has 88 heavy (non-hydrogen) atoms. The number of ether oxygens (including phenoxy) is 4. The van der Waals surface area contributed by atoms with Crippen LogP contribution in [0, 0.1) is 5.92 Å². The number of phosphoric ester groups is 2. The highest BCUT2D eigenvalue weighted by Crippen LogP contribution is 2.45. The zero-order valence-corrected chi connectivity index (χ0v) is 58.6. The summed E-state index contributed by atoms with van der Waals surface area (Å²) in [6.07, 6.45) is 48.7. The van der Waals surface area contributed by atoms with Crippen molar-refractivity contribution in [1.82, 2.24) is 0 Å². The summed E-state index contributed by atoms with van der Waals surface area (Å²) in [6.45, 7) is 7.16. The Kier molecular flexibility index (Phi) is 61.1. The molecule has 0 saturated carbocycles. The molecule has 0 aliphatic heterocycles. The first kappa shape index (κ1) is 86.1. The second-order valence-corrected chi connectivity index (χ2v) is 28.1. The van der Waals surface area contributed by atoms with Gasteiger partial charge in [-0.25, -0.2) is 9.13 Å². The Bertz CT molecular complexity index is 1710. The number of aliphatic hydroxyl groups excluding tert-OH is 1. The quantitative estimate of drug-likeness (QED) is 0.0222. The lowest BCUT2D eigenvalue weighted by Gasteiger charge is -2.21. The third-order valence-electron chi connectivity index (χ3n) is 16.4. The second-order valence-electron chi connectivity index (χ2n) is 25.2. The van der Waals surface area contributed by atoms with Gasteiger partial charge in [-0.2, -0.15) is 0 Å². The molecule has 0 aliphatic carbocycles. The topological polar surface area (TPSA) is 237 Å². The van der Waals surface area contributed by atoms with E-state index in [1.807, 2.05) is 0 Å². The lowest BCUT2D eigenvalue weighted by atomic mass is 10.00. The van der Waals surface area contributed by atoms with Gasteiger partial charge in [0.15, 0.2) is 12.2 Å². The van der Waals surface area contributed by atoms with Gasteiger partial charge in [-0.3, -0.25) is 37.3 Å². The molecule has 0 saturated heterocycles. The van der Waals surface area contributed by atoms with Crippen molar-refractivity contribution in [2.24, 2.45) is 5.92 Å². The zero-order valence-electron chi connectivity index (χ0n) is 56.9. The van der Waals surface area contributed by atoms with Gasteiger partial charge in [0.2, 0.25) is 0 Å². The lowest BCUT2D eigenvalue weighted by molar-refractivity contribution is -0.161. The molecule has 6 atom stereocenters. The van der Waals surface area contributed by atoms with Crippen LogP contribution in [0.15, 0.2) is 0 Å². The lowest BCUT2D eigenvalue weighted by Crippen LogP contribution is -2.30. The first-order chi connectivity index (χ1) is 42.6. The predicted molar refractivity (Wildman–Crippen MR) is 354 cm³/mol. The van der Waals surface area contributed by atoms with Crippen molar-refractivity contribution in [3.8, 4) is 0 Å². The number of phosphoric acid groups is 2. The number of carbonyl (C=O) groups excluding carboxylic acids is 4. The van der Waals surface area contributed by atoms with Crippen LogP contribution in [-0.4, -0.2) is 96.7 Å². The van der Waals surface area contributed by atoms with Crippen molar-refractivity contribution in [1.29, 1.82) is 0 Å². The summed E-state index contributed by atoms with van der Waals surface area (Å²) in [6, 6.07) is 0. The third kappa shape index (κ3) is 61.6. The molecular weight excluding hydrogens is 1160 g/mol. The van der Waals surface area contributed by atoms with Crippen molar-refractivity contribution in [3.05, 3.63) is 0 Å². The number of esters is 4. The van der Waals surface area contributed by atoms with Gasteiger partial charge in [0.1, 0.15) is 19.3 Å². The SMILES string of the molecule is CCCCCCCCCCCCCCCCCCCCCC(=O)O[C@H](COC(=O)CCCCCCCCCCCCC)COP(=O)(O)OC[C@@H](O)COP(=O)(O)OC[C@@H](COC(=O)CCCCCCCCCC)OC(=O)CCCCCCCCC(C)CC. The highest BCUT2D eigenvalue weighted by molar-refractivity contribution is 7.47. The van der Waals surface area contributed by atoms with Crippen LogP contribution in [0.2, 0.25) is 0 Å². The van der Waals surface area contributed by atoms with Crippen molar-refractivity contribution < 1.29 is 80.2 Å². The summed E-state index contributed by atoms with van der Waals surface area (Å²) in [7, 11) is -9.89. The number of unbranched alkanes of at least 4 members (excludes halogenated alkanes) is 40. The molecule has 0 bridgehead atoms. The van der Waals surface area contributed by atoms with Gasteiger partial charge in [-0.05, 0) is 31.6 Å². The minimum absolute atomic E-state index is 0.103. The molecule has 3 N–H and O–H groups in total. The molecular formula is C69H134O17P2. The Labute approximate surface area is 537 Å². The van der Waals surface area contributed by atoms with E-state index >= 15 is 0 Å². The Morgan fingerprint density at radius 3 is 0.807 bits per heavy atom. The smallest absolute Gasteiger partial charge is 0.462 e. The molecule has 19 heteroatoms. The van der Waals surface area contributed by atoms with E-state index in [4.69, 9.17) is 37.0 Å². The van der Waals surface area contributed by atoms with Crippen LogP contribution >= 0.6 is 15.6 Å². The molecule has 3 unspecified atom stereocenters. The standard InChI is InChI=1S/C69H134O17P2/c1-6-10-13-16-19-22-24-25-26-27-28-29-30-31-33-35-38-44-49-54-68(73)85-64(58-80-67(72)53-48-43-37-34-32-23-20-17-14-11-7-2)60-83-87(75,76)81-56-63(70)57-82-88(77,78)84-61-65(59-79-66(71)52-47-42-36-21-18-15-12-8-3)86-69(74)55-50-45-40-39-41-46-51-62(5)9-4/h62-65,70H,6-61H2,1-5H3,(H,75,76)(H,77,78)/t62?,63-,64-,65-/m1/s1. The Morgan fingerprint density at radius 2 is 0.545 bits per heavy atom. The number of aliphatic hydroxyl groups is 1. The molecule has 0 aromatic rings. The average molecular weight is 1300 g/mol. The van der Waals surface area contributed by atoms with Crippen LogP contribution < -0.4 is 0 Å². The Morgan fingerprint density at radius 1 is 0.318 bits per heavy atom. The fourth-order valence-electron chi connectivity index (χ4n) is 10.4. The maximum absolute atomic E-state index is 13.0. The van der Waals surface area contributed by atoms with Gasteiger partial charge in [0.25, 0.3) is 0 Å². The summed E-state index contributed by atoms with van der Waals surface area (Å²) < 4.78 is 68.1. The van der Waals surface area contributed by atoms with Crippen molar-refractivity contribution in [2.75, 3.05) is 39.6 Å². The maximum atomic E-state index is 13.0. The molecule has 522 valence electrons. The maximum Gasteiger partial charge on any atom is 0.472 e. The van der Waals surface area contributed by atoms with Crippen LogP contribution in [0.25, 0.3) is 0 Å². The monoisotopic (exact) mass is 1300 g/mol. The summed E-state index contributed by atoms with van der Waals surface area (Å²) in [5, 5.41) is 10.6. The molecule has 17 nitrogen and oxygen atoms in total. The Balaban J connectivity index is 5.17. The van der Waals surface area contributed by atoms with Crippen LogP contribution in [0.3, 0.4) is 0 Å². The summed E-state index contributed by atoms with van der Waals surface area (Å²) >= 11 is 0. The summed E-state index contributed by atoms with van der Waals surface area (Å²) in [4.78, 5) is 72.3. The number of rotatable bonds is 69. The zero-order chi connectivity index (χ0) is 64.9. The fraction of sp³-hybridized carbons (Fsp3) is 0.942. The average Bonchev–Trinajstić information content (AvgIpc) is 3.66. The fourth-order valence-corrected chi connectivity index (χ4v) is 12.0. The molecule has 0 radical (unpaired) electrons. The van der Waals surface area contributed by atoms with E-state index in [1.54, 1.807) is 0 Å². The van der Waals surface area contributed by atoms with Gasteiger partial charge < -0.3 is 33.8 Å². The van der Waals surface area contributed by atoms with Gasteiger partial charge in [0.05, 0.1) is 26.4 Å². The molecule has 0 aromatic carbocycles. The third-order valence-corrected chi connectivity index (χ3v) is 18.3. The van der Waals surface area contributed by atoms with Crippen LogP contribution in [-0.2, 0) is 65.4 Å². The minimum Gasteiger partial charge on any atom is -0.462 e. The van der Waals surface area contributed by atoms with Crippen LogP contribution in [0.4, 0.5) is 0 Å². The van der Waals surface area contributed by atoms with Gasteiger partial charge >= 0.3 is 39.5 Å². The van der Waals surface area contributed by atoms with Crippen molar-refractivity contribution >= 4 is 39.5 Å². The second kappa shape index (κ2) is 62.5. The number of carbonyl (C=O) groups is 4. The first-order valence-corrected chi connectivity index (χ1v) is 39.2. The molecule has 0 spiro atoms. The van der Waals surface area contributed by atoms with E-state index in [1.165, 1.54) is 173 Å². The molecule has 0 aromatic heterocycles. The van der Waals surface area contributed by atoms with Crippen molar-refractivity contribution in [2.45, 2.75) is 374 Å². The highest BCUT2D eigenvalue weighted by Gasteiger charge is 2.30. The summed E-state index contributed by atoms with van der Waals surface area (Å²) in [5.74, 6) is -1.41. The van der Waals surface area contributed by atoms with E-state index in [-0.39, 0.29) is 25.7 Å². The van der Waals surface area contributed by atoms with Gasteiger partial charge in [0, 0.05) is 25.7 Å². The number of hydrogen-bond acceptors (Lipinski definition) is 15. The molecule has 0 amide bonds. The minimum atomic E-state index is -4.95. The molecule has 0 rings (SSSR count). The van der Waals surface area contributed by atoms with E-state index in [9.17, 15) is 43.2 Å². The van der Waals surface area contributed by atoms with E-state index in [0.29, 0.717) is 25.7 Å². The Hall–Kier alpha value is -1.94. The van der Waals surface area contributed by atoms with Gasteiger partial charge in [-0.15, -0.1) is 0 Å². The van der Waals surface area contributed by atoms with Crippen LogP contribution in [0.1, 0.15) is 356 Å². The molecule has 0 fully saturated rings. The van der Waals surface area contributed by atoms with Crippen molar-refractivity contribution in [3.63, 3.8) is 0 Å². The first-order valence-electron chi connectivity index (χ1n) is 36.2. The van der Waals surface area contributed by atoms with E-state index in [2.05, 4.69) is 34.6 Å².